The molecular formula is C19H26BrF3N4O4. The van der Waals surface area contributed by atoms with Crippen LogP contribution in [-0.4, -0.2) is 72.7 Å². The minimum atomic E-state index is -4.79. The molecule has 1 atom stereocenters. The van der Waals surface area contributed by atoms with E-state index in [2.05, 4.69) is 15.9 Å². The highest BCUT2D eigenvalue weighted by Gasteiger charge is 2.42. The summed E-state index contributed by atoms with van der Waals surface area (Å²) in [7, 11) is 3.34. The number of carbonyl (C=O) groups excluding carboxylic acids is 1. The fourth-order valence-corrected chi connectivity index (χ4v) is 3.91. The summed E-state index contributed by atoms with van der Waals surface area (Å²) in [5.41, 5.74) is -2.84. The maximum atomic E-state index is 13.8. The second kappa shape index (κ2) is 9.19. The molecule has 2 rings (SSSR count). The van der Waals surface area contributed by atoms with Gasteiger partial charge >= 0.3 is 12.3 Å². The second-order valence-corrected chi connectivity index (χ2v) is 9.34. The molecule has 0 bridgehead atoms. The van der Waals surface area contributed by atoms with Gasteiger partial charge in [-0.1, -0.05) is 15.9 Å². The number of amides is 1. The van der Waals surface area contributed by atoms with Crippen LogP contribution in [0.25, 0.3) is 0 Å². The molecule has 0 unspecified atom stereocenters. The normalized spacial score (nSPS) is 18.1. The number of nitrogens with zero attached hydrogens (tertiary/aromatic N) is 4. The van der Waals surface area contributed by atoms with Crippen molar-refractivity contribution in [3.8, 4) is 0 Å². The van der Waals surface area contributed by atoms with E-state index in [-0.39, 0.29) is 30.1 Å². The van der Waals surface area contributed by atoms with Crippen LogP contribution in [0.1, 0.15) is 26.3 Å². The topological polar surface area (TPSA) is 79.2 Å². The number of halogens is 4. The lowest BCUT2D eigenvalue weighted by Gasteiger charge is -2.42. The van der Waals surface area contributed by atoms with E-state index in [1.165, 1.54) is 9.80 Å². The Morgan fingerprint density at radius 2 is 1.94 bits per heavy atom. The van der Waals surface area contributed by atoms with Crippen molar-refractivity contribution in [1.82, 2.24) is 9.80 Å². The van der Waals surface area contributed by atoms with Crippen molar-refractivity contribution in [2.75, 3.05) is 45.2 Å². The van der Waals surface area contributed by atoms with Crippen LogP contribution >= 0.6 is 15.9 Å². The number of piperazine rings is 1. The Hall–Kier alpha value is -2.08. The fourth-order valence-electron chi connectivity index (χ4n) is 3.37. The lowest BCUT2D eigenvalue weighted by atomic mass is 10.1. The van der Waals surface area contributed by atoms with Crippen molar-refractivity contribution < 1.29 is 27.6 Å². The van der Waals surface area contributed by atoms with Crippen molar-refractivity contribution in [3.05, 3.63) is 32.3 Å². The maximum Gasteiger partial charge on any atom is 0.419 e. The van der Waals surface area contributed by atoms with Crippen molar-refractivity contribution in [1.29, 1.82) is 0 Å². The van der Waals surface area contributed by atoms with Gasteiger partial charge in [0.1, 0.15) is 16.9 Å². The molecule has 1 heterocycles. The van der Waals surface area contributed by atoms with Crippen LogP contribution in [0.2, 0.25) is 0 Å². The number of carbonyl (C=O) groups is 1. The number of anilines is 1. The summed E-state index contributed by atoms with van der Waals surface area (Å²) in [6, 6.07) is 1.74. The molecule has 1 amide bonds. The van der Waals surface area contributed by atoms with E-state index in [9.17, 15) is 28.1 Å². The smallest absolute Gasteiger partial charge is 0.419 e. The monoisotopic (exact) mass is 510 g/mol. The van der Waals surface area contributed by atoms with Crippen LogP contribution in [0.5, 0.6) is 0 Å². The number of benzene rings is 1. The van der Waals surface area contributed by atoms with Gasteiger partial charge in [0.25, 0.3) is 5.69 Å². The number of rotatable bonds is 4. The first kappa shape index (κ1) is 25.2. The van der Waals surface area contributed by atoms with Crippen LogP contribution in [0.4, 0.5) is 29.3 Å². The van der Waals surface area contributed by atoms with Gasteiger partial charge in [-0.2, -0.15) is 13.2 Å². The van der Waals surface area contributed by atoms with Crippen molar-refractivity contribution in [3.63, 3.8) is 0 Å². The zero-order valence-corrected chi connectivity index (χ0v) is 19.6. The van der Waals surface area contributed by atoms with E-state index in [1.54, 1.807) is 34.9 Å². The van der Waals surface area contributed by atoms with E-state index >= 15 is 0 Å². The molecule has 1 aromatic rings. The predicted molar refractivity (Wildman–Crippen MR) is 113 cm³/mol. The lowest BCUT2D eigenvalue weighted by Crippen LogP contribution is -2.56. The van der Waals surface area contributed by atoms with E-state index in [0.29, 0.717) is 6.54 Å². The number of hydrogen-bond donors (Lipinski definition) is 0. The fraction of sp³-hybridized carbons (Fsp3) is 0.632. The molecule has 31 heavy (non-hydrogen) atoms. The van der Waals surface area contributed by atoms with E-state index < -0.39 is 39.7 Å². The SMILES string of the molecule is CN(C[C@H]1CN(c2c([N+](=O)[O-])ccc(Br)c2C(F)(F)F)CCN1C)C(=O)OC(C)(C)C. The zero-order valence-electron chi connectivity index (χ0n) is 18.0. The Balaban J connectivity index is 2.36. The minimum Gasteiger partial charge on any atom is -0.444 e. The summed E-state index contributed by atoms with van der Waals surface area (Å²) in [6.07, 6.45) is -5.34. The average molecular weight is 511 g/mol. The Labute approximate surface area is 187 Å². The van der Waals surface area contributed by atoms with Gasteiger partial charge in [0.2, 0.25) is 0 Å². The van der Waals surface area contributed by atoms with E-state index in [1.807, 2.05) is 4.90 Å². The summed E-state index contributed by atoms with van der Waals surface area (Å²) < 4.78 is 46.5. The third-order valence-electron chi connectivity index (χ3n) is 4.87. The van der Waals surface area contributed by atoms with Gasteiger partial charge in [-0.05, 0) is 33.9 Å². The lowest BCUT2D eigenvalue weighted by molar-refractivity contribution is -0.384. The minimum absolute atomic E-state index is 0.0734. The Bertz CT molecular complexity index is 845. The van der Waals surface area contributed by atoms with Gasteiger partial charge in [0.05, 0.1) is 4.92 Å². The summed E-state index contributed by atoms with van der Waals surface area (Å²) in [4.78, 5) is 27.6. The first-order valence-corrected chi connectivity index (χ1v) is 10.3. The van der Waals surface area contributed by atoms with Gasteiger partial charge in [-0.15, -0.1) is 0 Å². The number of alkyl halides is 3. The molecule has 1 aliphatic rings. The highest BCUT2D eigenvalue weighted by molar-refractivity contribution is 9.10. The van der Waals surface area contributed by atoms with Crippen LogP contribution in [0.15, 0.2) is 16.6 Å². The largest absolute Gasteiger partial charge is 0.444 e. The first-order chi connectivity index (χ1) is 14.1. The highest BCUT2D eigenvalue weighted by Crippen LogP contribution is 2.46. The molecule has 1 saturated heterocycles. The molecule has 0 radical (unpaired) electrons. The van der Waals surface area contributed by atoms with Gasteiger partial charge in [-0.25, -0.2) is 4.79 Å². The van der Waals surface area contributed by atoms with Gasteiger partial charge < -0.3 is 14.5 Å². The van der Waals surface area contributed by atoms with Crippen LogP contribution in [-0.2, 0) is 10.9 Å². The van der Waals surface area contributed by atoms with Crippen molar-refractivity contribution in [2.45, 2.75) is 38.6 Å². The molecule has 1 aliphatic heterocycles. The molecule has 0 spiro atoms. The van der Waals surface area contributed by atoms with Crippen LogP contribution in [0.3, 0.4) is 0 Å². The summed E-state index contributed by atoms with van der Waals surface area (Å²) in [5, 5.41) is 11.5. The molecule has 0 aliphatic carbocycles. The molecular weight excluding hydrogens is 485 g/mol. The Morgan fingerprint density at radius 3 is 2.45 bits per heavy atom. The highest BCUT2D eigenvalue weighted by atomic mass is 79.9. The molecule has 1 aromatic carbocycles. The summed E-state index contributed by atoms with van der Waals surface area (Å²) in [6.45, 7) is 6.00. The van der Waals surface area contributed by atoms with E-state index in [4.69, 9.17) is 4.74 Å². The third-order valence-corrected chi connectivity index (χ3v) is 5.53. The number of hydrogen-bond acceptors (Lipinski definition) is 6. The van der Waals surface area contributed by atoms with Crippen LogP contribution < -0.4 is 4.90 Å². The van der Waals surface area contributed by atoms with Crippen molar-refractivity contribution in [2.24, 2.45) is 0 Å². The molecule has 174 valence electrons. The molecule has 0 N–H and O–H groups in total. The van der Waals surface area contributed by atoms with Gasteiger partial charge in [0, 0.05) is 49.8 Å². The first-order valence-electron chi connectivity index (χ1n) is 9.55. The maximum absolute atomic E-state index is 13.8. The zero-order chi connectivity index (χ0) is 23.7. The van der Waals surface area contributed by atoms with Crippen molar-refractivity contribution >= 4 is 33.4 Å². The number of nitro benzene ring substituents is 1. The third kappa shape index (κ3) is 6.22. The standard InChI is InChI=1S/C19H26BrF3N4O4/c1-18(2,3)31-17(28)25(5)10-12-11-26(9-8-24(12)4)16-14(27(29)30)7-6-13(20)15(16)19(21,22)23/h6-7,12H,8-11H2,1-5H3/t12-/m0/s1. The van der Waals surface area contributed by atoms with E-state index in [0.717, 1.165) is 12.1 Å². The second-order valence-electron chi connectivity index (χ2n) is 8.49. The Morgan fingerprint density at radius 1 is 1.32 bits per heavy atom. The molecule has 0 saturated carbocycles. The summed E-state index contributed by atoms with van der Waals surface area (Å²) in [5.74, 6) is 0. The van der Waals surface area contributed by atoms with Gasteiger partial charge in [0.15, 0.2) is 0 Å². The number of nitro groups is 1. The predicted octanol–water partition coefficient (Wildman–Crippen LogP) is 4.36. The average Bonchev–Trinajstić information content (AvgIpc) is 2.60. The number of ether oxygens (including phenoxy) is 1. The summed E-state index contributed by atoms with van der Waals surface area (Å²) >= 11 is 2.90. The van der Waals surface area contributed by atoms with Gasteiger partial charge in [-0.3, -0.25) is 15.0 Å². The molecule has 8 nitrogen and oxygen atoms in total. The molecule has 0 aromatic heterocycles. The quantitative estimate of drug-likeness (QED) is 0.442. The molecule has 12 heteroatoms. The number of likely N-dealkylation sites (N-methyl/N-ethyl adjacent to an activating group) is 2. The van der Waals surface area contributed by atoms with Crippen LogP contribution in [0, 0.1) is 10.1 Å². The molecule has 1 fully saturated rings. The Kier molecular flexibility index (Phi) is 7.47.